The summed E-state index contributed by atoms with van der Waals surface area (Å²) in [5.41, 5.74) is 3.82. The SMILES string of the molecule is CCCCCCCCc1cc(CCCCCCCC)c2ccccc2c1S(=O)(=O)[O-].CCCCCCCCc1cc(CCCCCCCC)c2ccccc2c1S(=O)(=O)[O-].[Ba+2]. The van der Waals surface area contributed by atoms with E-state index in [0.29, 0.717) is 23.6 Å². The Hall–Kier alpha value is -1.21. The number of rotatable bonds is 30. The molecule has 0 aliphatic heterocycles. The predicted molar refractivity (Wildman–Crippen MR) is 258 cm³/mol. The molecule has 0 atom stereocenters. The molecule has 0 bridgehead atoms. The molecule has 0 saturated carbocycles. The largest absolute Gasteiger partial charge is 2.00 e. The Balaban J connectivity index is 0.000000413. The van der Waals surface area contributed by atoms with E-state index < -0.39 is 20.2 Å². The van der Waals surface area contributed by atoms with Gasteiger partial charge in [0.25, 0.3) is 0 Å². The van der Waals surface area contributed by atoms with Crippen LogP contribution in [0, 0.1) is 0 Å². The molecule has 0 saturated heterocycles. The van der Waals surface area contributed by atoms with Crippen molar-refractivity contribution in [2.24, 2.45) is 0 Å². The van der Waals surface area contributed by atoms with Gasteiger partial charge in [-0.3, -0.25) is 0 Å². The summed E-state index contributed by atoms with van der Waals surface area (Å²) in [6.45, 7) is 8.85. The van der Waals surface area contributed by atoms with E-state index in [1.54, 1.807) is 12.1 Å². The molecular weight excluding hydrogens is 922 g/mol. The van der Waals surface area contributed by atoms with Gasteiger partial charge in [0, 0.05) is 0 Å². The Bertz CT molecular complexity index is 1900. The molecule has 0 fully saturated rings. The van der Waals surface area contributed by atoms with E-state index >= 15 is 0 Å². The van der Waals surface area contributed by atoms with E-state index in [0.717, 1.165) is 73.3 Å². The van der Waals surface area contributed by atoms with Crippen molar-refractivity contribution in [2.75, 3.05) is 0 Å². The molecule has 0 amide bonds. The van der Waals surface area contributed by atoms with Gasteiger partial charge in [0.05, 0.1) is 9.79 Å². The van der Waals surface area contributed by atoms with Gasteiger partial charge in [0.2, 0.25) is 0 Å². The van der Waals surface area contributed by atoms with Crippen molar-refractivity contribution in [3.63, 3.8) is 0 Å². The summed E-state index contributed by atoms with van der Waals surface area (Å²) in [5, 5.41) is 3.06. The van der Waals surface area contributed by atoms with Crippen molar-refractivity contribution in [3.8, 4) is 0 Å². The minimum atomic E-state index is -4.51. The molecule has 61 heavy (non-hydrogen) atoms. The van der Waals surface area contributed by atoms with Gasteiger partial charge in [0.1, 0.15) is 20.2 Å². The second kappa shape index (κ2) is 31.6. The second-order valence-corrected chi connectivity index (χ2v) is 19.8. The summed E-state index contributed by atoms with van der Waals surface area (Å²) < 4.78 is 72.9. The van der Waals surface area contributed by atoms with Gasteiger partial charge in [-0.2, -0.15) is 0 Å². The zero-order chi connectivity index (χ0) is 43.6. The second-order valence-electron chi connectivity index (χ2n) is 17.1. The smallest absolute Gasteiger partial charge is 0.744 e. The monoisotopic (exact) mass is 1000 g/mol. The third kappa shape index (κ3) is 20.2. The number of hydrogen-bond donors (Lipinski definition) is 0. The molecule has 0 aliphatic carbocycles. The first kappa shape index (κ1) is 55.9. The van der Waals surface area contributed by atoms with Crippen molar-refractivity contribution < 1.29 is 25.9 Å². The Morgan fingerprint density at radius 3 is 0.836 bits per heavy atom. The molecule has 0 unspecified atom stereocenters. The van der Waals surface area contributed by atoms with E-state index in [4.69, 9.17) is 0 Å². The predicted octanol–water partition coefficient (Wildman–Crippen LogP) is 14.7. The van der Waals surface area contributed by atoms with Gasteiger partial charge in [0.15, 0.2) is 0 Å². The Kier molecular flexibility index (Phi) is 29.0. The van der Waals surface area contributed by atoms with Crippen molar-refractivity contribution in [3.05, 3.63) is 82.9 Å². The van der Waals surface area contributed by atoms with E-state index in [-0.39, 0.29) is 58.7 Å². The molecule has 0 heterocycles. The molecule has 336 valence electrons. The van der Waals surface area contributed by atoms with Crippen LogP contribution in [0.1, 0.15) is 204 Å². The molecule has 6 nitrogen and oxygen atoms in total. The number of benzene rings is 4. The van der Waals surface area contributed by atoms with Gasteiger partial charge in [-0.15, -0.1) is 0 Å². The molecule has 0 spiro atoms. The van der Waals surface area contributed by atoms with Gasteiger partial charge in [-0.1, -0.05) is 217 Å². The van der Waals surface area contributed by atoms with Gasteiger partial charge >= 0.3 is 48.9 Å². The molecular formula is C52H78BaO6S2. The summed E-state index contributed by atoms with van der Waals surface area (Å²) >= 11 is 0. The fourth-order valence-corrected chi connectivity index (χ4v) is 10.6. The fourth-order valence-electron chi connectivity index (χ4n) is 8.73. The van der Waals surface area contributed by atoms with Crippen molar-refractivity contribution in [1.82, 2.24) is 0 Å². The number of aryl methyl sites for hydroxylation is 4. The minimum Gasteiger partial charge on any atom is -0.744 e. The average molecular weight is 1000 g/mol. The maximum atomic E-state index is 12.2. The van der Waals surface area contributed by atoms with Crippen LogP contribution < -0.4 is 0 Å². The van der Waals surface area contributed by atoms with Crippen LogP contribution in [0.5, 0.6) is 0 Å². The van der Waals surface area contributed by atoms with Crippen molar-refractivity contribution in [2.45, 2.75) is 217 Å². The summed E-state index contributed by atoms with van der Waals surface area (Å²) in [4.78, 5) is 0.0247. The molecule has 4 aromatic rings. The van der Waals surface area contributed by atoms with Crippen LogP contribution in [0.3, 0.4) is 0 Å². The Labute approximate surface area is 412 Å². The van der Waals surface area contributed by atoms with Crippen LogP contribution in [0.25, 0.3) is 21.5 Å². The summed E-state index contributed by atoms with van der Waals surface area (Å²) in [6, 6.07) is 19.1. The molecule has 9 heteroatoms. The van der Waals surface area contributed by atoms with Crippen molar-refractivity contribution >= 4 is 90.7 Å². The molecule has 4 rings (SSSR count). The maximum Gasteiger partial charge on any atom is 2.00 e. The standard InChI is InChI=1S/2C26H40O3S.Ba/c2*1-3-5-7-9-11-13-17-22-21-23(18-14-12-10-8-6-4-2)26(30(27,28)29)25-20-16-15-19-24(22)25;/h2*15-16,19-21H,3-14,17-18H2,1-2H3,(H,27,28,29);/q;;+2/p-2. The fraction of sp³-hybridized carbons (Fsp3) is 0.615. The number of unbranched alkanes of at least 4 members (excludes halogenated alkanes) is 20. The quantitative estimate of drug-likeness (QED) is 0.0292. The maximum absolute atomic E-state index is 12.2. The normalized spacial score (nSPS) is 11.8. The van der Waals surface area contributed by atoms with Crippen LogP contribution in [0.4, 0.5) is 0 Å². The molecule has 4 aromatic carbocycles. The third-order valence-electron chi connectivity index (χ3n) is 12.0. The molecule has 0 aromatic heterocycles. The van der Waals surface area contributed by atoms with E-state index in [2.05, 4.69) is 27.7 Å². The summed E-state index contributed by atoms with van der Waals surface area (Å²) in [7, 11) is -9.03. The molecule has 0 radical (unpaired) electrons. The topological polar surface area (TPSA) is 114 Å². The Morgan fingerprint density at radius 1 is 0.344 bits per heavy atom. The van der Waals surface area contributed by atoms with Crippen LogP contribution in [0.2, 0.25) is 0 Å². The summed E-state index contributed by atoms with van der Waals surface area (Å²) in [6.07, 6.45) is 31.7. The van der Waals surface area contributed by atoms with Crippen molar-refractivity contribution in [1.29, 1.82) is 0 Å². The van der Waals surface area contributed by atoms with E-state index in [9.17, 15) is 25.9 Å². The average Bonchev–Trinajstić information content (AvgIpc) is 3.22. The zero-order valence-corrected chi connectivity index (χ0v) is 44.6. The number of hydrogen-bond acceptors (Lipinski definition) is 6. The van der Waals surface area contributed by atoms with E-state index in [1.807, 2.05) is 48.5 Å². The first-order valence-electron chi connectivity index (χ1n) is 24.0. The van der Waals surface area contributed by atoms with Crippen LogP contribution >= 0.6 is 0 Å². The van der Waals surface area contributed by atoms with Gasteiger partial charge in [-0.05, 0) is 95.2 Å². The summed E-state index contributed by atoms with van der Waals surface area (Å²) in [5.74, 6) is 0. The molecule has 0 aliphatic rings. The Morgan fingerprint density at radius 2 is 0.574 bits per heavy atom. The first-order valence-corrected chi connectivity index (χ1v) is 26.8. The van der Waals surface area contributed by atoms with E-state index in [1.165, 1.54) is 127 Å². The molecule has 0 N–H and O–H groups in total. The first-order chi connectivity index (χ1) is 29.0. The van der Waals surface area contributed by atoms with Crippen LogP contribution in [0.15, 0.2) is 70.5 Å². The van der Waals surface area contributed by atoms with Gasteiger partial charge in [-0.25, -0.2) is 16.8 Å². The minimum absolute atomic E-state index is 0. The van der Waals surface area contributed by atoms with Crippen LogP contribution in [-0.2, 0) is 45.9 Å². The van der Waals surface area contributed by atoms with Crippen LogP contribution in [-0.4, -0.2) is 74.8 Å². The third-order valence-corrected chi connectivity index (χ3v) is 14.0. The number of fused-ring (bicyclic) bond motifs is 2. The van der Waals surface area contributed by atoms with Gasteiger partial charge < -0.3 is 9.11 Å². The zero-order valence-electron chi connectivity index (χ0n) is 38.5.